The number of benzene rings is 3. The predicted octanol–water partition coefficient (Wildman–Crippen LogP) is 11.2. The molecule has 0 aliphatic rings. The molecule has 0 saturated carbocycles. The van der Waals surface area contributed by atoms with E-state index in [-0.39, 0.29) is 47.5 Å². The minimum atomic E-state index is -0.549. The summed E-state index contributed by atoms with van der Waals surface area (Å²) in [5.74, 6) is -0.983. The lowest BCUT2D eigenvalue weighted by Crippen LogP contribution is -2.15. The second-order valence-corrected chi connectivity index (χ2v) is 15.3. The van der Waals surface area contributed by atoms with Crippen LogP contribution in [-0.2, 0) is 27.9 Å². The second-order valence-electron chi connectivity index (χ2n) is 13.6. The minimum absolute atomic E-state index is 0.0383. The monoisotopic (exact) mass is 861 g/mol. The molecule has 0 aliphatic heterocycles. The van der Waals surface area contributed by atoms with E-state index in [1.165, 1.54) is 27.3 Å². The molecule has 0 spiro atoms. The number of rotatable bonds is 17. The highest BCUT2D eigenvalue weighted by Crippen LogP contribution is 2.40. The number of halogens is 3. The zero-order valence-electron chi connectivity index (χ0n) is 30.5. The van der Waals surface area contributed by atoms with Crippen molar-refractivity contribution >= 4 is 47.2 Å². The van der Waals surface area contributed by atoms with Gasteiger partial charge in [-0.3, -0.25) is 18.1 Å². The Labute approximate surface area is 330 Å². The number of aryl methyl sites for hydroxylation is 1. The van der Waals surface area contributed by atoms with Crippen LogP contribution in [0.1, 0.15) is 68.3 Å². The molecular formula is C42H42F2IN5O3S. The van der Waals surface area contributed by atoms with Crippen molar-refractivity contribution in [2.45, 2.75) is 64.5 Å². The first-order valence-electron chi connectivity index (χ1n) is 17.7. The average Bonchev–Trinajstić information content (AvgIpc) is 3.93. The van der Waals surface area contributed by atoms with Crippen LogP contribution in [0.2, 0.25) is 0 Å². The van der Waals surface area contributed by atoms with Crippen molar-refractivity contribution in [3.8, 4) is 22.8 Å². The summed E-state index contributed by atoms with van der Waals surface area (Å²) in [6.45, 7) is 14.5. The van der Waals surface area contributed by atoms with Crippen molar-refractivity contribution in [2.75, 3.05) is 6.61 Å². The highest BCUT2D eigenvalue weighted by atomic mass is 127. The van der Waals surface area contributed by atoms with E-state index in [1.54, 1.807) is 40.7 Å². The maximum absolute atomic E-state index is 16.2. The summed E-state index contributed by atoms with van der Waals surface area (Å²) in [6, 6.07) is 17.1. The number of nitrogens with zero attached hydrogens (tertiary/aromatic N) is 5. The number of esters is 1. The third kappa shape index (κ3) is 8.49. The topological polar surface area (TPSA) is 76.1 Å². The summed E-state index contributed by atoms with van der Waals surface area (Å²) < 4.78 is 48.9. The Morgan fingerprint density at radius 3 is 2.65 bits per heavy atom. The number of hydrogen-bond donors (Lipinski definition) is 0. The zero-order chi connectivity index (χ0) is 38.4. The number of aromatic nitrogens is 5. The summed E-state index contributed by atoms with van der Waals surface area (Å²) in [4.78, 5) is 12.0. The number of ether oxygens (including phenoxy) is 2. The van der Waals surface area contributed by atoms with E-state index in [1.807, 2.05) is 59.0 Å². The molecule has 280 valence electrons. The highest BCUT2D eigenvalue weighted by Gasteiger charge is 2.25. The molecule has 1 unspecified atom stereocenters. The minimum Gasteiger partial charge on any atom is -0.466 e. The predicted molar refractivity (Wildman–Crippen MR) is 220 cm³/mol. The number of fused-ring (bicyclic) bond motifs is 1. The molecule has 0 saturated heterocycles. The van der Waals surface area contributed by atoms with Crippen LogP contribution in [0.15, 0.2) is 111 Å². The fraction of sp³-hybridized carbons (Fsp3) is 0.262. The Bertz CT molecular complexity index is 2290. The van der Waals surface area contributed by atoms with E-state index in [0.29, 0.717) is 36.2 Å². The van der Waals surface area contributed by atoms with E-state index in [9.17, 15) is 4.79 Å². The number of carbonyl (C=O) groups is 1. The summed E-state index contributed by atoms with van der Waals surface area (Å²) in [5, 5.41) is 10.1. The molecule has 12 heteroatoms. The largest absolute Gasteiger partial charge is 0.466 e. The molecule has 3 heterocycles. The van der Waals surface area contributed by atoms with Crippen molar-refractivity contribution in [2.24, 2.45) is 0 Å². The van der Waals surface area contributed by atoms with E-state index in [2.05, 4.69) is 58.4 Å². The van der Waals surface area contributed by atoms with Gasteiger partial charge in [-0.25, -0.2) is 8.78 Å². The Morgan fingerprint density at radius 2 is 1.89 bits per heavy atom. The van der Waals surface area contributed by atoms with E-state index in [4.69, 9.17) is 9.47 Å². The smallest absolute Gasteiger partial charge is 0.306 e. The molecule has 3 aromatic carbocycles. The molecule has 54 heavy (non-hydrogen) atoms. The lowest BCUT2D eigenvalue weighted by molar-refractivity contribution is -0.143. The molecule has 0 bridgehead atoms. The van der Waals surface area contributed by atoms with Gasteiger partial charge in [-0.1, -0.05) is 50.3 Å². The molecule has 8 nitrogen and oxygen atoms in total. The van der Waals surface area contributed by atoms with Gasteiger partial charge in [-0.2, -0.15) is 10.2 Å². The Kier molecular flexibility index (Phi) is 12.4. The van der Waals surface area contributed by atoms with Gasteiger partial charge in [0.25, 0.3) is 0 Å². The van der Waals surface area contributed by atoms with E-state index >= 15 is 8.78 Å². The molecule has 0 aliphatic carbocycles. The van der Waals surface area contributed by atoms with Gasteiger partial charge in [0.05, 0.1) is 36.6 Å². The van der Waals surface area contributed by atoms with Crippen molar-refractivity contribution < 1.29 is 23.0 Å². The van der Waals surface area contributed by atoms with Gasteiger partial charge in [-0.05, 0) is 78.6 Å². The van der Waals surface area contributed by atoms with Crippen molar-refractivity contribution in [1.29, 1.82) is 0 Å². The highest BCUT2D eigenvalue weighted by molar-refractivity contribution is 14.2. The van der Waals surface area contributed by atoms with Gasteiger partial charge in [0.1, 0.15) is 11.6 Å². The molecule has 0 N–H and O–H groups in total. The van der Waals surface area contributed by atoms with Crippen LogP contribution >= 0.6 is 30.3 Å². The lowest BCUT2D eigenvalue weighted by atomic mass is 9.84. The Morgan fingerprint density at radius 1 is 1.06 bits per heavy atom. The lowest BCUT2D eigenvalue weighted by Gasteiger charge is -2.21. The van der Waals surface area contributed by atoms with Crippen LogP contribution in [0, 0.1) is 11.6 Å². The summed E-state index contributed by atoms with van der Waals surface area (Å²) >= 11 is 2.17. The third-order valence-corrected chi connectivity index (χ3v) is 11.2. The standard InChI is InChI=1S/C42H42F2IN5O3S/c1-6-10-37(29-12-9-11-28(22-29)13-16-40(51)52-8-3)50-38(17-20-46-50)33-23-31(14-15-35(33)43)53-41-34(32-18-21-49(54-45)39(32)24-36(41)44)27-48-26-30(25-47-48)42(4,5)19-7-2/h6-7,9,11-12,14-15,17-18,20-26,37H,1-2,8,10,13,16,19,27H2,3-5H3. The third-order valence-electron chi connectivity index (χ3n) is 9.48. The van der Waals surface area contributed by atoms with Crippen LogP contribution in [0.4, 0.5) is 8.78 Å². The van der Waals surface area contributed by atoms with Crippen LogP contribution in [0.25, 0.3) is 22.2 Å². The summed E-state index contributed by atoms with van der Waals surface area (Å²) in [7, 11) is 1.44. The van der Waals surface area contributed by atoms with Crippen LogP contribution in [0.3, 0.4) is 0 Å². The number of hydrogen-bond acceptors (Lipinski definition) is 6. The summed E-state index contributed by atoms with van der Waals surface area (Å²) in [5.41, 5.74) is 4.84. The van der Waals surface area contributed by atoms with Crippen molar-refractivity contribution in [3.63, 3.8) is 0 Å². The van der Waals surface area contributed by atoms with Crippen LogP contribution in [0.5, 0.6) is 11.5 Å². The fourth-order valence-corrected chi connectivity index (χ4v) is 8.03. The van der Waals surface area contributed by atoms with Gasteiger partial charge in [-0.15, -0.1) is 13.2 Å². The van der Waals surface area contributed by atoms with Crippen LogP contribution in [-0.4, -0.2) is 36.1 Å². The molecule has 1 atom stereocenters. The molecule has 6 aromatic rings. The molecule has 3 aromatic heterocycles. The number of allylic oxidation sites excluding steroid dienone is 2. The van der Waals surface area contributed by atoms with E-state index in [0.717, 1.165) is 28.5 Å². The quantitative estimate of drug-likeness (QED) is 0.0517. The SMILES string of the molecule is C=CCC(c1cccc(CCC(=O)OCC)c1)n1nccc1-c1cc(Oc2c(F)cc3c(ccn3SI)c2Cn2cc(C(C)(C)CC=C)cn2)ccc1F. The first-order chi connectivity index (χ1) is 26.1. The molecular weight excluding hydrogens is 819 g/mol. The second kappa shape index (κ2) is 17.2. The molecule has 6 rings (SSSR count). The zero-order valence-corrected chi connectivity index (χ0v) is 33.4. The Balaban J connectivity index is 1.36. The van der Waals surface area contributed by atoms with Crippen LogP contribution < -0.4 is 4.74 Å². The van der Waals surface area contributed by atoms with Gasteiger partial charge < -0.3 is 9.47 Å². The molecule has 0 radical (unpaired) electrons. The average molecular weight is 862 g/mol. The maximum Gasteiger partial charge on any atom is 0.306 e. The molecule has 0 fully saturated rings. The van der Waals surface area contributed by atoms with Gasteiger partial charge in [0.2, 0.25) is 0 Å². The van der Waals surface area contributed by atoms with E-state index < -0.39 is 11.6 Å². The van der Waals surface area contributed by atoms with Crippen molar-refractivity contribution in [1.82, 2.24) is 23.5 Å². The first-order valence-corrected chi connectivity index (χ1v) is 21.0. The van der Waals surface area contributed by atoms with Gasteiger partial charge in [0, 0.05) is 77.9 Å². The van der Waals surface area contributed by atoms with Crippen molar-refractivity contribution in [3.05, 3.63) is 145 Å². The van der Waals surface area contributed by atoms with Gasteiger partial charge in [0.15, 0.2) is 11.6 Å². The fourth-order valence-electron chi connectivity index (χ4n) is 6.67. The normalized spacial score (nSPS) is 12.2. The van der Waals surface area contributed by atoms with Gasteiger partial charge >= 0.3 is 5.97 Å². The number of carbonyl (C=O) groups excluding carboxylic acids is 1. The molecule has 0 amide bonds. The maximum atomic E-state index is 16.2. The first kappa shape index (κ1) is 39.0. The Hall–Kier alpha value is -4.69. The summed E-state index contributed by atoms with van der Waals surface area (Å²) in [6.07, 6.45) is 13.1.